The van der Waals surface area contributed by atoms with E-state index in [1.165, 1.54) is 0 Å². The van der Waals surface area contributed by atoms with Gasteiger partial charge in [-0.05, 0) is 60.1 Å². The summed E-state index contributed by atoms with van der Waals surface area (Å²) in [6.07, 6.45) is 0.404. The molecular weight excluding hydrogens is 634 g/mol. The molecule has 0 bridgehead atoms. The molecule has 0 radical (unpaired) electrons. The highest BCUT2D eigenvalue weighted by atomic mass is 31.2. The first-order valence-corrected chi connectivity index (χ1v) is 17.6. The summed E-state index contributed by atoms with van der Waals surface area (Å²) in [5, 5.41) is 0. The quantitative estimate of drug-likeness (QED) is 0.187. The third-order valence-electron chi connectivity index (χ3n) is 7.82. The van der Waals surface area contributed by atoms with Crippen LogP contribution in [-0.4, -0.2) is 11.9 Å². The molecule has 4 aromatic carbocycles. The molecular formula is C37H38O8P2. The lowest BCUT2D eigenvalue weighted by molar-refractivity contribution is 0.0685. The van der Waals surface area contributed by atoms with Crippen LogP contribution in [0.25, 0.3) is 0 Å². The third kappa shape index (κ3) is 6.95. The largest absolute Gasteiger partial charge is 0.532 e. The zero-order valence-electron chi connectivity index (χ0n) is 27.8. The van der Waals surface area contributed by atoms with Crippen molar-refractivity contribution in [1.29, 1.82) is 0 Å². The van der Waals surface area contributed by atoms with Gasteiger partial charge in [-0.15, -0.1) is 0 Å². The molecule has 6 rings (SSSR count). The maximum absolute atomic E-state index is 12.9. The first kappa shape index (κ1) is 32.8. The Labute approximate surface area is 278 Å². The second kappa shape index (κ2) is 12.5. The van der Waals surface area contributed by atoms with Crippen LogP contribution in [0.4, 0.5) is 0 Å². The second-order valence-electron chi connectivity index (χ2n) is 13.8. The lowest BCUT2D eigenvalue weighted by Crippen LogP contribution is -2.19. The van der Waals surface area contributed by atoms with Gasteiger partial charge in [0.25, 0.3) is 0 Å². The zero-order chi connectivity index (χ0) is 33.7. The molecule has 244 valence electrons. The van der Waals surface area contributed by atoms with Gasteiger partial charge < -0.3 is 27.1 Å². The molecule has 4 aromatic rings. The van der Waals surface area contributed by atoms with E-state index in [-0.39, 0.29) is 10.8 Å². The summed E-state index contributed by atoms with van der Waals surface area (Å²) in [6.45, 7) is 16.8. The minimum Gasteiger partial charge on any atom is -0.408 e. The molecule has 2 atom stereocenters. The molecule has 8 nitrogen and oxygen atoms in total. The van der Waals surface area contributed by atoms with Gasteiger partial charge in [0, 0.05) is 17.5 Å². The van der Waals surface area contributed by atoms with E-state index in [4.69, 9.17) is 27.1 Å². The monoisotopic (exact) mass is 672 g/mol. The van der Waals surface area contributed by atoms with Crippen molar-refractivity contribution in [3.8, 4) is 23.0 Å². The van der Waals surface area contributed by atoms with Crippen LogP contribution >= 0.6 is 17.2 Å². The van der Waals surface area contributed by atoms with E-state index in [2.05, 4.69) is 65.8 Å². The number of benzene rings is 4. The maximum atomic E-state index is 12.9. The van der Waals surface area contributed by atoms with Crippen LogP contribution in [0.3, 0.4) is 0 Å². The highest BCUT2D eigenvalue weighted by Crippen LogP contribution is 2.53. The van der Waals surface area contributed by atoms with Crippen molar-refractivity contribution < 1.29 is 36.7 Å². The van der Waals surface area contributed by atoms with Gasteiger partial charge in [-0.3, -0.25) is 0 Å². The fourth-order valence-corrected chi connectivity index (χ4v) is 7.64. The first-order valence-electron chi connectivity index (χ1n) is 15.4. The Hall–Kier alpha value is -4.12. The van der Waals surface area contributed by atoms with Gasteiger partial charge >= 0.3 is 29.1 Å². The van der Waals surface area contributed by atoms with Crippen LogP contribution in [0.5, 0.6) is 23.0 Å². The number of aryl methyl sites for hydroxylation is 2. The molecule has 2 aliphatic heterocycles. The van der Waals surface area contributed by atoms with Crippen LogP contribution in [0.15, 0.2) is 72.8 Å². The summed E-state index contributed by atoms with van der Waals surface area (Å²) < 4.78 is 36.5. The average molecular weight is 673 g/mol. The zero-order valence-corrected chi connectivity index (χ0v) is 29.6. The molecule has 0 spiro atoms. The van der Waals surface area contributed by atoms with Crippen molar-refractivity contribution in [2.75, 3.05) is 0 Å². The molecule has 0 N–H and O–H groups in total. The molecule has 0 aromatic heterocycles. The summed E-state index contributed by atoms with van der Waals surface area (Å²) in [6, 6.07) is 22.3. The number of rotatable bonds is 6. The van der Waals surface area contributed by atoms with Gasteiger partial charge in [0.05, 0.1) is 0 Å². The van der Waals surface area contributed by atoms with E-state index in [0.717, 1.165) is 33.4 Å². The van der Waals surface area contributed by atoms with Gasteiger partial charge in [-0.1, -0.05) is 101 Å². The summed E-state index contributed by atoms with van der Waals surface area (Å²) >= 11 is 0. The molecule has 2 heterocycles. The lowest BCUT2D eigenvalue weighted by atomic mass is 9.81. The van der Waals surface area contributed by atoms with Gasteiger partial charge in [0.2, 0.25) is 0 Å². The van der Waals surface area contributed by atoms with Crippen molar-refractivity contribution in [2.45, 2.75) is 72.6 Å². The van der Waals surface area contributed by atoms with Crippen LogP contribution in [-0.2, 0) is 26.3 Å². The van der Waals surface area contributed by atoms with E-state index >= 15 is 0 Å². The smallest absolute Gasteiger partial charge is 0.408 e. The molecule has 10 heteroatoms. The van der Waals surface area contributed by atoms with E-state index in [9.17, 15) is 9.59 Å². The number of hydrogen-bond acceptors (Lipinski definition) is 8. The summed E-state index contributed by atoms with van der Waals surface area (Å²) in [5.74, 6) is 1.06. The van der Waals surface area contributed by atoms with Crippen molar-refractivity contribution in [3.05, 3.63) is 117 Å². The SMILES string of the molecule is Cc1cc(Cc2cc(C)cc(C(C)(C)C)c2OP2OC(=O)c3ccccc3O2)c(OP2OC(=O)c3ccccc3O2)c(C(C)(C)C)c1. The minimum atomic E-state index is -2.08. The molecule has 47 heavy (non-hydrogen) atoms. The minimum absolute atomic E-state index is 0.313. The lowest BCUT2D eigenvalue weighted by Gasteiger charge is -2.30. The highest BCUT2D eigenvalue weighted by molar-refractivity contribution is 7.43. The van der Waals surface area contributed by atoms with Crippen LogP contribution in [0.2, 0.25) is 0 Å². The topological polar surface area (TPSA) is 89.5 Å². The van der Waals surface area contributed by atoms with E-state index in [0.29, 0.717) is 40.5 Å². The molecule has 0 saturated heterocycles. The van der Waals surface area contributed by atoms with E-state index < -0.39 is 29.1 Å². The standard InChI is InChI=1S/C37H38O8P2/c1-22-17-24(32(28(19-22)36(3,4)5)42-46-40-30-15-11-9-13-26(30)34(38)44-46)21-25-18-23(2)20-29(37(6,7)8)33(25)43-47-41-31-16-12-10-14-27(31)35(39)45-47/h9-20H,21H2,1-8H3. The Kier molecular flexibility index (Phi) is 8.71. The highest BCUT2D eigenvalue weighted by Gasteiger charge is 2.37. The maximum Gasteiger partial charge on any atom is 0.532 e. The average Bonchev–Trinajstić information content (AvgIpc) is 2.98. The van der Waals surface area contributed by atoms with Crippen molar-refractivity contribution in [1.82, 2.24) is 0 Å². The Morgan fingerprint density at radius 2 is 0.957 bits per heavy atom. The Morgan fingerprint density at radius 1 is 0.574 bits per heavy atom. The predicted octanol–water partition coefficient (Wildman–Crippen LogP) is 10.2. The fraction of sp³-hybridized carbons (Fsp3) is 0.297. The second-order valence-corrected chi connectivity index (χ2v) is 15.8. The number of carbonyl (C=O) groups excluding carboxylic acids is 2. The predicted molar refractivity (Wildman–Crippen MR) is 183 cm³/mol. The first-order chi connectivity index (χ1) is 22.2. The Balaban J connectivity index is 1.43. The van der Waals surface area contributed by atoms with Gasteiger partial charge in [-0.2, -0.15) is 0 Å². The van der Waals surface area contributed by atoms with Crippen molar-refractivity contribution in [3.63, 3.8) is 0 Å². The number of fused-ring (bicyclic) bond motifs is 2. The van der Waals surface area contributed by atoms with Crippen LogP contribution in [0, 0.1) is 13.8 Å². The molecule has 0 aliphatic carbocycles. The molecule has 2 aliphatic rings. The van der Waals surface area contributed by atoms with E-state index in [1.54, 1.807) is 36.4 Å². The Morgan fingerprint density at radius 3 is 1.34 bits per heavy atom. The summed E-state index contributed by atoms with van der Waals surface area (Å²) in [7, 11) is -4.15. The summed E-state index contributed by atoms with van der Waals surface area (Å²) in [5.41, 5.74) is 5.83. The number of hydrogen-bond donors (Lipinski definition) is 0. The van der Waals surface area contributed by atoms with Crippen LogP contribution < -0.4 is 18.1 Å². The molecule has 2 unspecified atom stereocenters. The van der Waals surface area contributed by atoms with Crippen molar-refractivity contribution >= 4 is 29.1 Å². The molecule has 0 amide bonds. The Bertz CT molecular complexity index is 1740. The van der Waals surface area contributed by atoms with Gasteiger partial charge in [0.1, 0.15) is 34.1 Å². The number of para-hydroxylation sites is 2. The third-order valence-corrected chi connectivity index (χ3v) is 9.81. The van der Waals surface area contributed by atoms with Crippen LogP contribution in [0.1, 0.15) is 95.6 Å². The van der Waals surface area contributed by atoms with E-state index in [1.807, 2.05) is 26.0 Å². The molecule has 0 saturated carbocycles. The number of carbonyl (C=O) groups is 2. The normalized spacial score (nSPS) is 17.4. The van der Waals surface area contributed by atoms with Gasteiger partial charge in [-0.25, -0.2) is 9.59 Å². The molecule has 0 fully saturated rings. The fourth-order valence-electron chi connectivity index (χ4n) is 5.58. The summed E-state index contributed by atoms with van der Waals surface area (Å²) in [4.78, 5) is 25.7. The van der Waals surface area contributed by atoms with Gasteiger partial charge in [0.15, 0.2) is 0 Å². The van der Waals surface area contributed by atoms with Crippen molar-refractivity contribution in [2.24, 2.45) is 0 Å².